The third kappa shape index (κ3) is 6.42. The van der Waals surface area contributed by atoms with E-state index in [0.717, 1.165) is 11.1 Å². The number of carbonyl (C=O) groups excluding carboxylic acids is 3. The van der Waals surface area contributed by atoms with E-state index in [1.165, 1.54) is 0 Å². The van der Waals surface area contributed by atoms with Crippen molar-refractivity contribution in [3.8, 4) is 5.75 Å². The highest BCUT2D eigenvalue weighted by atomic mass is 16.5. The molecule has 2 aromatic carbocycles. The maximum absolute atomic E-state index is 12.0. The summed E-state index contributed by atoms with van der Waals surface area (Å²) in [5.74, 6) is -0.900. The largest absolute Gasteiger partial charge is 0.494 e. The Hall–Kier alpha value is -3.35. The first kappa shape index (κ1) is 21.0. The summed E-state index contributed by atoms with van der Waals surface area (Å²) in [6.45, 7) is 5.44. The van der Waals surface area contributed by atoms with Crippen molar-refractivity contribution >= 4 is 23.5 Å². The van der Waals surface area contributed by atoms with Gasteiger partial charge in [0.25, 0.3) is 11.8 Å². The fourth-order valence-electron chi connectivity index (χ4n) is 2.38. The molecule has 0 unspecified atom stereocenters. The Labute approximate surface area is 164 Å². The van der Waals surface area contributed by atoms with E-state index in [9.17, 15) is 14.4 Å². The van der Waals surface area contributed by atoms with Gasteiger partial charge in [0.1, 0.15) is 12.3 Å². The van der Waals surface area contributed by atoms with Gasteiger partial charge in [0.2, 0.25) is 0 Å². The molecule has 0 saturated carbocycles. The number of nitrogens with one attached hydrogen (secondary N) is 2. The monoisotopic (exact) mass is 384 g/mol. The molecule has 0 aliphatic rings. The molecule has 2 aromatic rings. The molecule has 0 bridgehead atoms. The van der Waals surface area contributed by atoms with Crippen LogP contribution in [0.1, 0.15) is 28.4 Å². The van der Waals surface area contributed by atoms with Crippen LogP contribution in [0.25, 0.3) is 0 Å². The van der Waals surface area contributed by atoms with Crippen LogP contribution in [0.5, 0.6) is 5.75 Å². The van der Waals surface area contributed by atoms with Crippen molar-refractivity contribution in [2.45, 2.75) is 20.8 Å². The summed E-state index contributed by atoms with van der Waals surface area (Å²) in [6.07, 6.45) is 0. The maximum atomic E-state index is 12.0. The van der Waals surface area contributed by atoms with Crippen molar-refractivity contribution in [3.05, 3.63) is 59.2 Å². The van der Waals surface area contributed by atoms with E-state index >= 15 is 0 Å². The molecule has 148 valence electrons. The van der Waals surface area contributed by atoms with Crippen LogP contribution in [0.3, 0.4) is 0 Å². The predicted molar refractivity (Wildman–Crippen MR) is 105 cm³/mol. The van der Waals surface area contributed by atoms with E-state index in [1.54, 1.807) is 24.3 Å². The van der Waals surface area contributed by atoms with Crippen LogP contribution in [-0.4, -0.2) is 37.5 Å². The van der Waals surface area contributed by atoms with Crippen LogP contribution in [0.4, 0.5) is 5.69 Å². The molecule has 2 rings (SSSR count). The topological polar surface area (TPSA) is 93.7 Å². The Morgan fingerprint density at radius 3 is 2.39 bits per heavy atom. The van der Waals surface area contributed by atoms with Crippen molar-refractivity contribution in [3.63, 3.8) is 0 Å². The second-order valence-electron chi connectivity index (χ2n) is 6.17. The van der Waals surface area contributed by atoms with Crippen molar-refractivity contribution in [1.82, 2.24) is 5.32 Å². The number of amides is 2. The second-order valence-corrected chi connectivity index (χ2v) is 6.17. The van der Waals surface area contributed by atoms with Gasteiger partial charge in [0, 0.05) is 11.3 Å². The Morgan fingerprint density at radius 2 is 1.71 bits per heavy atom. The summed E-state index contributed by atoms with van der Waals surface area (Å²) >= 11 is 0. The van der Waals surface area contributed by atoms with Crippen LogP contribution in [0, 0.1) is 13.8 Å². The number of rotatable bonds is 8. The first-order chi connectivity index (χ1) is 13.4. The molecular weight excluding hydrogens is 360 g/mol. The molecule has 0 spiro atoms. The number of ether oxygens (including phenoxy) is 2. The Kier molecular flexibility index (Phi) is 7.56. The molecule has 0 saturated heterocycles. The molecule has 28 heavy (non-hydrogen) atoms. The van der Waals surface area contributed by atoms with Gasteiger partial charge in [0.15, 0.2) is 6.61 Å². The van der Waals surface area contributed by atoms with Crippen LogP contribution in [-0.2, 0) is 14.3 Å². The van der Waals surface area contributed by atoms with Crippen LogP contribution in [0.2, 0.25) is 0 Å². The molecule has 0 aromatic heterocycles. The molecule has 7 nitrogen and oxygen atoms in total. The fourth-order valence-corrected chi connectivity index (χ4v) is 2.38. The number of carbonyl (C=O) groups is 3. The summed E-state index contributed by atoms with van der Waals surface area (Å²) in [5.41, 5.74) is 2.98. The van der Waals surface area contributed by atoms with E-state index in [-0.39, 0.29) is 6.54 Å². The zero-order chi connectivity index (χ0) is 20.5. The minimum Gasteiger partial charge on any atom is -0.494 e. The van der Waals surface area contributed by atoms with Gasteiger partial charge in [-0.25, -0.2) is 0 Å². The second kappa shape index (κ2) is 10.1. The zero-order valence-electron chi connectivity index (χ0n) is 16.2. The summed E-state index contributed by atoms with van der Waals surface area (Å²) < 4.78 is 10.2. The minimum atomic E-state index is -0.699. The quantitative estimate of drug-likeness (QED) is 0.683. The molecule has 0 aliphatic heterocycles. The molecule has 0 fully saturated rings. The average Bonchev–Trinajstić information content (AvgIpc) is 2.68. The van der Waals surface area contributed by atoms with Crippen LogP contribution >= 0.6 is 0 Å². The summed E-state index contributed by atoms with van der Waals surface area (Å²) in [4.78, 5) is 35.7. The van der Waals surface area contributed by atoms with Crippen LogP contribution in [0.15, 0.2) is 42.5 Å². The molecule has 7 heteroatoms. The zero-order valence-corrected chi connectivity index (χ0v) is 16.2. The lowest BCUT2D eigenvalue weighted by molar-refractivity contribution is -0.146. The fraction of sp³-hybridized carbons (Fsp3) is 0.286. The van der Waals surface area contributed by atoms with E-state index in [1.807, 2.05) is 39.0 Å². The van der Waals surface area contributed by atoms with Gasteiger partial charge >= 0.3 is 5.97 Å². The normalized spacial score (nSPS) is 10.1. The third-order valence-electron chi connectivity index (χ3n) is 3.85. The third-order valence-corrected chi connectivity index (χ3v) is 3.85. The van der Waals surface area contributed by atoms with Gasteiger partial charge < -0.3 is 20.1 Å². The van der Waals surface area contributed by atoms with Crippen molar-refractivity contribution < 1.29 is 23.9 Å². The lowest BCUT2D eigenvalue weighted by Gasteiger charge is -2.10. The Balaban J connectivity index is 1.75. The van der Waals surface area contributed by atoms with Gasteiger partial charge in [-0.1, -0.05) is 12.1 Å². The van der Waals surface area contributed by atoms with E-state index in [4.69, 9.17) is 9.47 Å². The number of hydrogen-bond donors (Lipinski definition) is 2. The van der Waals surface area contributed by atoms with Crippen molar-refractivity contribution in [2.24, 2.45) is 0 Å². The first-order valence-corrected chi connectivity index (χ1v) is 8.93. The lowest BCUT2D eigenvalue weighted by atomic mass is 10.1. The molecule has 0 radical (unpaired) electrons. The molecule has 2 N–H and O–H groups in total. The van der Waals surface area contributed by atoms with Gasteiger partial charge in [-0.15, -0.1) is 0 Å². The van der Waals surface area contributed by atoms with Gasteiger partial charge in [-0.05, 0) is 62.2 Å². The number of aryl methyl sites for hydroxylation is 2. The lowest BCUT2D eigenvalue weighted by Crippen LogP contribution is -2.32. The van der Waals surface area contributed by atoms with E-state index in [0.29, 0.717) is 23.6 Å². The Bertz CT molecular complexity index is 846. The van der Waals surface area contributed by atoms with Crippen molar-refractivity contribution in [2.75, 3.05) is 25.1 Å². The van der Waals surface area contributed by atoms with Gasteiger partial charge in [0.05, 0.1) is 6.61 Å². The standard InChI is InChI=1S/C21H24N2O5/c1-4-27-17-9-7-16(8-10-17)21(26)22-12-20(25)28-13-19(24)23-18-11-14(2)5-6-15(18)3/h5-11H,4,12-13H2,1-3H3,(H,22,26)(H,23,24). The number of esters is 1. The summed E-state index contributed by atoms with van der Waals surface area (Å²) in [6, 6.07) is 12.2. The predicted octanol–water partition coefficient (Wildman–Crippen LogP) is 2.61. The van der Waals surface area contributed by atoms with E-state index in [2.05, 4.69) is 10.6 Å². The molecule has 0 atom stereocenters. The summed E-state index contributed by atoms with van der Waals surface area (Å²) in [7, 11) is 0. The minimum absolute atomic E-state index is 0.331. The Morgan fingerprint density at radius 1 is 1.00 bits per heavy atom. The highest BCUT2D eigenvalue weighted by molar-refractivity contribution is 5.96. The molecule has 0 aliphatic carbocycles. The SMILES string of the molecule is CCOc1ccc(C(=O)NCC(=O)OCC(=O)Nc2cc(C)ccc2C)cc1. The molecular formula is C21H24N2O5. The highest BCUT2D eigenvalue weighted by Crippen LogP contribution is 2.16. The average molecular weight is 384 g/mol. The number of hydrogen-bond acceptors (Lipinski definition) is 5. The van der Waals surface area contributed by atoms with E-state index < -0.39 is 24.4 Å². The van der Waals surface area contributed by atoms with Gasteiger partial charge in [-0.3, -0.25) is 14.4 Å². The number of benzene rings is 2. The highest BCUT2D eigenvalue weighted by Gasteiger charge is 2.12. The van der Waals surface area contributed by atoms with Crippen molar-refractivity contribution in [1.29, 1.82) is 0 Å². The summed E-state index contributed by atoms with van der Waals surface area (Å²) in [5, 5.41) is 5.15. The maximum Gasteiger partial charge on any atom is 0.325 e. The molecule has 2 amide bonds. The number of anilines is 1. The van der Waals surface area contributed by atoms with Crippen LogP contribution < -0.4 is 15.4 Å². The van der Waals surface area contributed by atoms with Gasteiger partial charge in [-0.2, -0.15) is 0 Å². The first-order valence-electron chi connectivity index (χ1n) is 8.93. The molecule has 0 heterocycles. The smallest absolute Gasteiger partial charge is 0.325 e.